The first kappa shape index (κ1) is 11.0. The molecule has 0 unspecified atom stereocenters. The fourth-order valence-electron chi connectivity index (χ4n) is 1.88. The van der Waals surface area contributed by atoms with Gasteiger partial charge in [-0.05, 0) is 18.4 Å². The Kier molecular flexibility index (Phi) is 3.03. The lowest BCUT2D eigenvalue weighted by molar-refractivity contribution is 1.05. The molecule has 88 valence electrons. The number of hydrogen-bond donors (Lipinski definition) is 1. The Balaban J connectivity index is 2.09. The van der Waals surface area contributed by atoms with Crippen molar-refractivity contribution in [1.29, 1.82) is 0 Å². The van der Waals surface area contributed by atoms with Crippen molar-refractivity contribution in [2.45, 2.75) is 18.4 Å². The minimum atomic E-state index is 0.859. The molecule has 5 heteroatoms. The van der Waals surface area contributed by atoms with Crippen LogP contribution in [0.3, 0.4) is 0 Å². The molecule has 0 saturated carbocycles. The fourth-order valence-corrected chi connectivity index (χ4v) is 3.58. The van der Waals surface area contributed by atoms with Gasteiger partial charge in [0.1, 0.15) is 5.82 Å². The third-order valence-corrected chi connectivity index (χ3v) is 4.50. The minimum absolute atomic E-state index is 0.859. The second-order valence-electron chi connectivity index (χ2n) is 3.82. The summed E-state index contributed by atoms with van der Waals surface area (Å²) in [7, 11) is 0. The van der Waals surface area contributed by atoms with Crippen LogP contribution in [-0.4, -0.2) is 16.5 Å². The molecule has 0 aromatic carbocycles. The highest BCUT2D eigenvalue weighted by atomic mass is 32.2. The van der Waals surface area contributed by atoms with Gasteiger partial charge in [-0.25, -0.2) is 9.97 Å². The summed E-state index contributed by atoms with van der Waals surface area (Å²) < 4.78 is 0. The van der Waals surface area contributed by atoms with Gasteiger partial charge in [-0.15, -0.1) is 11.3 Å². The topological polar surface area (TPSA) is 37.8 Å². The zero-order chi connectivity index (χ0) is 11.7. The van der Waals surface area contributed by atoms with Crippen LogP contribution in [0.2, 0.25) is 0 Å². The van der Waals surface area contributed by atoms with Crippen LogP contribution >= 0.6 is 23.1 Å². The van der Waals surface area contributed by atoms with E-state index in [0.717, 1.165) is 34.6 Å². The smallest absolute Gasteiger partial charge is 0.171 e. The molecule has 1 aliphatic rings. The van der Waals surface area contributed by atoms with E-state index in [0.29, 0.717) is 0 Å². The Morgan fingerprint density at radius 2 is 2.29 bits per heavy atom. The van der Waals surface area contributed by atoms with Gasteiger partial charge in [-0.2, -0.15) is 11.8 Å². The molecule has 3 nitrogen and oxygen atoms in total. The zero-order valence-electron chi connectivity index (χ0n) is 9.56. The molecular formula is C12H13N3S2. The van der Waals surface area contributed by atoms with E-state index in [-0.39, 0.29) is 0 Å². The maximum Gasteiger partial charge on any atom is 0.171 e. The van der Waals surface area contributed by atoms with Crippen LogP contribution in [0.5, 0.6) is 0 Å². The number of rotatable bonds is 3. The van der Waals surface area contributed by atoms with Crippen molar-refractivity contribution >= 4 is 28.9 Å². The standard InChI is InChI=1S/C12H13N3S2/c1-2-13-11-8-6-16-7-9(8)14-12(15-11)10-4-3-5-17-10/h3-5H,2,6-7H2,1H3,(H,13,14,15). The van der Waals surface area contributed by atoms with E-state index in [1.807, 2.05) is 17.8 Å². The summed E-state index contributed by atoms with van der Waals surface area (Å²) in [6, 6.07) is 4.11. The van der Waals surface area contributed by atoms with Crippen LogP contribution in [0.4, 0.5) is 5.82 Å². The quantitative estimate of drug-likeness (QED) is 0.921. The van der Waals surface area contributed by atoms with Gasteiger partial charge in [0.25, 0.3) is 0 Å². The van der Waals surface area contributed by atoms with E-state index >= 15 is 0 Å². The summed E-state index contributed by atoms with van der Waals surface area (Å²) in [5, 5.41) is 5.41. The monoisotopic (exact) mass is 263 g/mol. The highest BCUT2D eigenvalue weighted by Crippen LogP contribution is 2.35. The Bertz CT molecular complexity index is 523. The molecule has 0 fully saturated rings. The van der Waals surface area contributed by atoms with Gasteiger partial charge < -0.3 is 5.32 Å². The summed E-state index contributed by atoms with van der Waals surface area (Å²) in [5.74, 6) is 3.92. The van der Waals surface area contributed by atoms with Gasteiger partial charge in [0.2, 0.25) is 0 Å². The summed E-state index contributed by atoms with van der Waals surface area (Å²) in [5.41, 5.74) is 2.49. The van der Waals surface area contributed by atoms with Gasteiger partial charge >= 0.3 is 0 Å². The van der Waals surface area contributed by atoms with Crippen molar-refractivity contribution in [2.24, 2.45) is 0 Å². The predicted octanol–water partition coefficient (Wildman–Crippen LogP) is 3.38. The summed E-state index contributed by atoms with van der Waals surface area (Å²) in [4.78, 5) is 10.5. The van der Waals surface area contributed by atoms with Crippen molar-refractivity contribution in [3.63, 3.8) is 0 Å². The first-order valence-electron chi connectivity index (χ1n) is 5.63. The molecule has 0 spiro atoms. The van der Waals surface area contributed by atoms with Gasteiger partial charge in [0, 0.05) is 23.6 Å². The number of aromatic nitrogens is 2. The van der Waals surface area contributed by atoms with E-state index < -0.39 is 0 Å². The van der Waals surface area contributed by atoms with E-state index in [1.54, 1.807) is 11.3 Å². The molecule has 3 rings (SSSR count). The molecule has 0 atom stereocenters. The highest BCUT2D eigenvalue weighted by Gasteiger charge is 2.20. The Hall–Kier alpha value is -1.07. The largest absolute Gasteiger partial charge is 0.370 e. The molecule has 0 bridgehead atoms. The summed E-state index contributed by atoms with van der Waals surface area (Å²) in [6.45, 7) is 3.00. The van der Waals surface area contributed by atoms with Gasteiger partial charge in [0.15, 0.2) is 5.82 Å². The highest BCUT2D eigenvalue weighted by molar-refractivity contribution is 7.98. The Morgan fingerprint density at radius 1 is 1.35 bits per heavy atom. The second kappa shape index (κ2) is 4.66. The number of nitrogens with one attached hydrogen (secondary N) is 1. The summed E-state index contributed by atoms with van der Waals surface area (Å²) >= 11 is 3.60. The molecule has 0 saturated heterocycles. The lowest BCUT2D eigenvalue weighted by Gasteiger charge is -2.09. The van der Waals surface area contributed by atoms with E-state index in [9.17, 15) is 0 Å². The molecule has 1 N–H and O–H groups in total. The third kappa shape index (κ3) is 2.05. The lowest BCUT2D eigenvalue weighted by atomic mass is 10.2. The van der Waals surface area contributed by atoms with Crippen LogP contribution in [0.25, 0.3) is 10.7 Å². The third-order valence-electron chi connectivity index (χ3n) is 2.66. The van der Waals surface area contributed by atoms with Crippen molar-refractivity contribution in [2.75, 3.05) is 11.9 Å². The number of thioether (sulfide) groups is 1. The van der Waals surface area contributed by atoms with Crippen LogP contribution < -0.4 is 5.32 Å². The van der Waals surface area contributed by atoms with Crippen LogP contribution in [-0.2, 0) is 11.5 Å². The first-order chi connectivity index (χ1) is 8.38. The number of thiophene rings is 1. The van der Waals surface area contributed by atoms with Crippen LogP contribution in [0.1, 0.15) is 18.2 Å². The number of hydrogen-bond acceptors (Lipinski definition) is 5. The molecule has 0 aliphatic carbocycles. The second-order valence-corrected chi connectivity index (χ2v) is 5.75. The maximum absolute atomic E-state index is 4.68. The van der Waals surface area contributed by atoms with Crippen LogP contribution in [0, 0.1) is 0 Å². The molecular weight excluding hydrogens is 250 g/mol. The van der Waals surface area contributed by atoms with Crippen molar-refractivity contribution in [3.05, 3.63) is 28.8 Å². The normalized spacial score (nSPS) is 13.7. The van der Waals surface area contributed by atoms with E-state index in [4.69, 9.17) is 0 Å². The average molecular weight is 263 g/mol. The Morgan fingerprint density at radius 3 is 3.06 bits per heavy atom. The Labute approximate surface area is 109 Å². The lowest BCUT2D eigenvalue weighted by Crippen LogP contribution is -2.06. The van der Waals surface area contributed by atoms with Gasteiger partial charge in [0.05, 0.1) is 10.6 Å². The number of anilines is 1. The van der Waals surface area contributed by atoms with Crippen LogP contribution in [0.15, 0.2) is 17.5 Å². The molecule has 2 aromatic rings. The first-order valence-corrected chi connectivity index (χ1v) is 7.67. The van der Waals surface area contributed by atoms with E-state index in [2.05, 4.69) is 33.7 Å². The van der Waals surface area contributed by atoms with Crippen molar-refractivity contribution < 1.29 is 0 Å². The molecule has 0 radical (unpaired) electrons. The number of fused-ring (bicyclic) bond motifs is 1. The molecule has 17 heavy (non-hydrogen) atoms. The zero-order valence-corrected chi connectivity index (χ0v) is 11.2. The predicted molar refractivity (Wildman–Crippen MR) is 74.5 cm³/mol. The molecule has 3 heterocycles. The van der Waals surface area contributed by atoms with Crippen molar-refractivity contribution in [1.82, 2.24) is 9.97 Å². The summed E-state index contributed by atoms with van der Waals surface area (Å²) in [6.07, 6.45) is 0. The molecule has 1 aliphatic heterocycles. The maximum atomic E-state index is 4.68. The van der Waals surface area contributed by atoms with Gasteiger partial charge in [-0.1, -0.05) is 6.07 Å². The fraction of sp³-hybridized carbons (Fsp3) is 0.333. The average Bonchev–Trinajstić information content (AvgIpc) is 3.00. The van der Waals surface area contributed by atoms with E-state index in [1.165, 1.54) is 11.3 Å². The molecule has 2 aromatic heterocycles. The van der Waals surface area contributed by atoms with Gasteiger partial charge in [-0.3, -0.25) is 0 Å². The minimum Gasteiger partial charge on any atom is -0.370 e. The number of nitrogens with zero attached hydrogens (tertiary/aromatic N) is 2. The molecule has 0 amide bonds. The SMILES string of the molecule is CCNc1nc(-c2cccs2)nc2c1CSC2. The van der Waals surface area contributed by atoms with Crippen molar-refractivity contribution in [3.8, 4) is 10.7 Å².